The highest BCUT2D eigenvalue weighted by Gasteiger charge is 2.33. The van der Waals surface area contributed by atoms with Gasteiger partial charge in [0.1, 0.15) is 0 Å². The van der Waals surface area contributed by atoms with Gasteiger partial charge in [-0.3, -0.25) is 14.5 Å². The van der Waals surface area contributed by atoms with E-state index in [-0.39, 0.29) is 18.4 Å². The monoisotopic (exact) mass is 561 g/mol. The minimum absolute atomic E-state index is 0.0520. The lowest BCUT2D eigenvalue weighted by molar-refractivity contribution is 0.0523. The minimum Gasteiger partial charge on any atom is -0.336 e. The van der Waals surface area contributed by atoms with Crippen LogP contribution in [0, 0.1) is 0 Å². The van der Waals surface area contributed by atoms with Crippen molar-refractivity contribution in [2.75, 3.05) is 31.1 Å². The molecule has 1 saturated carbocycles. The molecule has 2 amide bonds. The van der Waals surface area contributed by atoms with Gasteiger partial charge in [-0.1, -0.05) is 55.1 Å². The van der Waals surface area contributed by atoms with Gasteiger partial charge in [-0.2, -0.15) is 0 Å². The molecule has 0 N–H and O–H groups in total. The highest BCUT2D eigenvalue weighted by atomic mass is 35.5. The number of hydrogen-bond donors (Lipinski definition) is 0. The predicted molar refractivity (Wildman–Crippen MR) is 154 cm³/mol. The van der Waals surface area contributed by atoms with Crippen molar-refractivity contribution < 1.29 is 13.8 Å². The number of carbonyl (C=O) groups excluding carboxylic acids is 2. The maximum Gasteiger partial charge on any atom is 0.259 e. The average Bonchev–Trinajstić information content (AvgIpc) is 3.06. The van der Waals surface area contributed by atoms with Gasteiger partial charge in [0.2, 0.25) is 0 Å². The number of anilines is 1. The molecule has 8 heteroatoms. The molecule has 1 saturated heterocycles. The summed E-state index contributed by atoms with van der Waals surface area (Å²) in [7, 11) is -1.57. The number of fused-ring (bicyclic) bond motifs is 2. The summed E-state index contributed by atoms with van der Waals surface area (Å²) < 4.78 is 13.7. The molecule has 2 heterocycles. The van der Waals surface area contributed by atoms with Crippen LogP contribution in [0.4, 0.5) is 5.69 Å². The van der Waals surface area contributed by atoms with Gasteiger partial charge in [0.05, 0.1) is 38.4 Å². The zero-order valence-corrected chi connectivity index (χ0v) is 23.4. The van der Waals surface area contributed by atoms with Crippen LogP contribution >= 0.6 is 11.6 Å². The number of piperazine rings is 1. The molecule has 6 rings (SSSR count). The lowest BCUT2D eigenvalue weighted by Crippen LogP contribution is -2.52. The Kier molecular flexibility index (Phi) is 7.56. The first-order valence-corrected chi connectivity index (χ1v) is 15.3. The summed E-state index contributed by atoms with van der Waals surface area (Å²) in [6, 6.07) is 20.3. The lowest BCUT2D eigenvalue weighted by atomic mass is 9.94. The highest BCUT2D eigenvalue weighted by molar-refractivity contribution is 7.85. The van der Waals surface area contributed by atoms with Crippen LogP contribution in [-0.4, -0.2) is 58.0 Å². The van der Waals surface area contributed by atoms with Crippen molar-refractivity contribution in [1.29, 1.82) is 0 Å². The first-order chi connectivity index (χ1) is 19.0. The number of hydrogen-bond acceptors (Lipinski definition) is 4. The van der Waals surface area contributed by atoms with E-state index in [0.717, 1.165) is 18.7 Å². The summed E-state index contributed by atoms with van der Waals surface area (Å²) in [5.74, 6) is -0.299. The molecule has 1 aliphatic carbocycles. The molecule has 3 aromatic carbocycles. The van der Waals surface area contributed by atoms with Gasteiger partial charge in [0.15, 0.2) is 0 Å². The Balaban J connectivity index is 1.31. The van der Waals surface area contributed by atoms with Crippen molar-refractivity contribution in [3.8, 4) is 0 Å². The maximum absolute atomic E-state index is 13.9. The number of carbonyl (C=O) groups is 2. The average molecular weight is 562 g/mol. The molecule has 2 aliphatic heterocycles. The predicted octanol–water partition coefficient (Wildman–Crippen LogP) is 5.76. The molecular weight excluding hydrogens is 530 g/mol. The van der Waals surface area contributed by atoms with Gasteiger partial charge in [-0.05, 0) is 60.9 Å². The van der Waals surface area contributed by atoms with E-state index in [1.807, 2.05) is 23.1 Å². The van der Waals surface area contributed by atoms with E-state index in [0.29, 0.717) is 50.8 Å². The van der Waals surface area contributed by atoms with Gasteiger partial charge in [0.25, 0.3) is 11.8 Å². The molecule has 1 atom stereocenters. The van der Waals surface area contributed by atoms with Crippen molar-refractivity contribution in [3.63, 3.8) is 0 Å². The molecule has 6 nitrogen and oxygen atoms in total. The number of rotatable bonds is 4. The molecule has 39 heavy (non-hydrogen) atoms. The van der Waals surface area contributed by atoms with Crippen molar-refractivity contribution >= 4 is 39.9 Å². The molecule has 3 aliphatic rings. The molecule has 0 bridgehead atoms. The van der Waals surface area contributed by atoms with Crippen LogP contribution < -0.4 is 4.90 Å². The molecule has 0 aromatic heterocycles. The second-order valence-electron chi connectivity index (χ2n) is 10.6. The smallest absolute Gasteiger partial charge is 0.259 e. The van der Waals surface area contributed by atoms with Gasteiger partial charge < -0.3 is 9.80 Å². The van der Waals surface area contributed by atoms with Crippen molar-refractivity contribution in [3.05, 3.63) is 88.4 Å². The number of amides is 2. The zero-order valence-electron chi connectivity index (χ0n) is 21.9. The standard InChI is InChI=1S/C31H32ClN3O3S/c32-24-8-6-7-22(19-24)21-35-27-20-23(13-14-29(27)39(38)28-12-5-4-11-26(28)31(35)37)30(36)34-17-15-33(16-18-34)25-9-2-1-3-10-25/h4-8,11-14,19-20,25H,1-3,9-10,15-18,21H2/t39-/m0/s1. The van der Waals surface area contributed by atoms with Crippen LogP contribution in [0.5, 0.6) is 0 Å². The maximum atomic E-state index is 13.9. The summed E-state index contributed by atoms with van der Waals surface area (Å²) in [6.45, 7) is 3.40. The van der Waals surface area contributed by atoms with E-state index in [1.54, 1.807) is 53.4 Å². The van der Waals surface area contributed by atoms with Gasteiger partial charge in [-0.15, -0.1) is 0 Å². The molecule has 202 valence electrons. The summed E-state index contributed by atoms with van der Waals surface area (Å²) in [5, 5.41) is 0.579. The fourth-order valence-corrected chi connectivity index (χ4v) is 7.65. The van der Waals surface area contributed by atoms with E-state index in [1.165, 1.54) is 32.1 Å². The van der Waals surface area contributed by atoms with Crippen LogP contribution in [0.2, 0.25) is 5.02 Å². The normalized spacial score (nSPS) is 20.3. The van der Waals surface area contributed by atoms with E-state index < -0.39 is 10.8 Å². The van der Waals surface area contributed by atoms with Crippen molar-refractivity contribution in [2.24, 2.45) is 0 Å². The summed E-state index contributed by atoms with van der Waals surface area (Å²) >= 11 is 6.24. The Morgan fingerprint density at radius 2 is 1.64 bits per heavy atom. The van der Waals surface area contributed by atoms with Crippen LogP contribution in [0.25, 0.3) is 0 Å². The van der Waals surface area contributed by atoms with Crippen LogP contribution in [0.15, 0.2) is 76.5 Å². The fourth-order valence-electron chi connectivity index (χ4n) is 6.09. The first-order valence-electron chi connectivity index (χ1n) is 13.7. The molecular formula is C31H32ClN3O3S. The van der Waals surface area contributed by atoms with Gasteiger partial charge in [-0.25, -0.2) is 4.21 Å². The SMILES string of the molecule is O=C(c1ccc2c(c1)N(Cc1cccc(Cl)c1)C(=O)c1ccccc1[S@@]2=O)N1CCN(C2CCCCC2)CC1. The van der Waals surface area contributed by atoms with Crippen molar-refractivity contribution in [2.45, 2.75) is 54.5 Å². The Hall–Kier alpha value is -3.00. The van der Waals surface area contributed by atoms with E-state index >= 15 is 0 Å². The van der Waals surface area contributed by atoms with E-state index in [2.05, 4.69) is 4.90 Å². The van der Waals surface area contributed by atoms with Crippen LogP contribution in [0.1, 0.15) is 58.4 Å². The molecule has 3 aromatic rings. The Morgan fingerprint density at radius 1 is 0.872 bits per heavy atom. The largest absolute Gasteiger partial charge is 0.336 e. The van der Waals surface area contributed by atoms with Gasteiger partial charge >= 0.3 is 0 Å². The number of nitrogens with zero attached hydrogens (tertiary/aromatic N) is 3. The third-order valence-corrected chi connectivity index (χ3v) is 9.92. The number of halogens is 1. The summed E-state index contributed by atoms with van der Waals surface area (Å²) in [6.07, 6.45) is 6.45. The summed E-state index contributed by atoms with van der Waals surface area (Å²) in [5.41, 5.74) is 2.26. The Bertz CT molecular complexity index is 1430. The third-order valence-electron chi connectivity index (χ3n) is 8.18. The second-order valence-corrected chi connectivity index (χ2v) is 12.4. The van der Waals surface area contributed by atoms with Crippen LogP contribution in [0.3, 0.4) is 0 Å². The highest BCUT2D eigenvalue weighted by Crippen LogP contribution is 2.36. The van der Waals surface area contributed by atoms with Gasteiger partial charge in [0, 0.05) is 42.8 Å². The molecule has 0 spiro atoms. The third kappa shape index (κ3) is 5.28. The topological polar surface area (TPSA) is 60.9 Å². The zero-order chi connectivity index (χ0) is 26.9. The second kappa shape index (κ2) is 11.2. The summed E-state index contributed by atoms with van der Waals surface area (Å²) in [4.78, 5) is 34.6. The lowest BCUT2D eigenvalue weighted by Gasteiger charge is -2.40. The van der Waals surface area contributed by atoms with Crippen molar-refractivity contribution in [1.82, 2.24) is 9.80 Å². The minimum atomic E-state index is -1.57. The Morgan fingerprint density at radius 3 is 2.41 bits per heavy atom. The van der Waals surface area contributed by atoms with E-state index in [9.17, 15) is 13.8 Å². The van der Waals surface area contributed by atoms with E-state index in [4.69, 9.17) is 11.6 Å². The van der Waals surface area contributed by atoms with Crippen LogP contribution in [-0.2, 0) is 17.3 Å². The Labute approximate surface area is 237 Å². The quantitative estimate of drug-likeness (QED) is 0.406. The first kappa shape index (κ1) is 26.2. The fraction of sp³-hybridized carbons (Fsp3) is 0.355. The molecule has 2 fully saturated rings. The molecule has 0 unspecified atom stereocenters. The molecule has 0 radical (unpaired) electrons. The number of benzene rings is 3.